The van der Waals surface area contributed by atoms with Crippen LogP contribution in [0.15, 0.2) is 50.7 Å². The Labute approximate surface area is 135 Å². The number of benzene rings is 1. The van der Waals surface area contributed by atoms with Gasteiger partial charge in [0.1, 0.15) is 4.21 Å². The van der Waals surface area contributed by atoms with Crippen LogP contribution >= 0.6 is 27.3 Å². The van der Waals surface area contributed by atoms with E-state index in [9.17, 15) is 8.42 Å². The number of hydrogen-bond donors (Lipinski definition) is 1. The molecule has 21 heavy (non-hydrogen) atoms. The van der Waals surface area contributed by atoms with E-state index in [0.717, 1.165) is 20.1 Å². The maximum Gasteiger partial charge on any atom is 0.271 e. The second-order valence-electron chi connectivity index (χ2n) is 4.53. The molecule has 1 aromatic carbocycles. The molecule has 2 heterocycles. The lowest BCUT2D eigenvalue weighted by Gasteiger charge is -2.09. The first-order chi connectivity index (χ1) is 9.97. The van der Waals surface area contributed by atoms with Crippen LogP contribution in [0.1, 0.15) is 5.56 Å². The van der Waals surface area contributed by atoms with E-state index in [-0.39, 0.29) is 4.21 Å². The Kier molecular flexibility index (Phi) is 3.73. The molecule has 1 N–H and O–H groups in total. The van der Waals surface area contributed by atoms with Crippen molar-refractivity contribution in [3.8, 4) is 0 Å². The summed E-state index contributed by atoms with van der Waals surface area (Å²) < 4.78 is 28.7. The number of sulfonamides is 1. The van der Waals surface area contributed by atoms with Gasteiger partial charge in [0.2, 0.25) is 0 Å². The van der Waals surface area contributed by atoms with Gasteiger partial charge < -0.3 is 0 Å². The molecule has 0 aliphatic carbocycles. The highest BCUT2D eigenvalue weighted by atomic mass is 79.9. The molecule has 0 saturated heterocycles. The zero-order valence-corrected chi connectivity index (χ0v) is 14.2. The molecule has 3 rings (SSSR count). The Balaban J connectivity index is 2.05. The van der Waals surface area contributed by atoms with E-state index in [1.165, 1.54) is 11.3 Å². The van der Waals surface area contributed by atoms with Crippen LogP contribution in [0, 0.1) is 6.92 Å². The van der Waals surface area contributed by atoms with E-state index in [0.29, 0.717) is 5.69 Å². The standard InChI is InChI=1S/C14H11BrN2O2S2/c1-9-7-13(20-14(9)15)21(18,19)17-12-4-2-3-10-5-6-16-8-11(10)12/h2-8,17H,1H3. The first-order valence-electron chi connectivity index (χ1n) is 6.09. The number of fused-ring (bicyclic) bond motifs is 1. The zero-order valence-electron chi connectivity index (χ0n) is 11.0. The van der Waals surface area contributed by atoms with Crippen LogP contribution in [0.25, 0.3) is 10.8 Å². The number of nitrogens with zero attached hydrogens (tertiary/aromatic N) is 1. The number of halogens is 1. The largest absolute Gasteiger partial charge is 0.278 e. The molecule has 0 radical (unpaired) electrons. The van der Waals surface area contributed by atoms with Crippen LogP contribution in [0.2, 0.25) is 0 Å². The predicted octanol–water partition coefficient (Wildman–Crippen LogP) is 4.17. The van der Waals surface area contributed by atoms with Crippen LogP contribution in [-0.4, -0.2) is 13.4 Å². The maximum absolute atomic E-state index is 12.5. The summed E-state index contributed by atoms with van der Waals surface area (Å²) in [6.07, 6.45) is 3.34. The minimum absolute atomic E-state index is 0.285. The highest BCUT2D eigenvalue weighted by Crippen LogP contribution is 2.32. The van der Waals surface area contributed by atoms with Crippen LogP contribution in [0.5, 0.6) is 0 Å². The number of aromatic nitrogens is 1. The van der Waals surface area contributed by atoms with Crippen molar-refractivity contribution < 1.29 is 8.42 Å². The van der Waals surface area contributed by atoms with Crippen LogP contribution in [-0.2, 0) is 10.0 Å². The number of hydrogen-bond acceptors (Lipinski definition) is 4. The molecule has 0 bridgehead atoms. The second kappa shape index (κ2) is 5.40. The molecule has 0 amide bonds. The molecule has 108 valence electrons. The molecular formula is C14H11BrN2O2S2. The van der Waals surface area contributed by atoms with E-state index in [2.05, 4.69) is 25.6 Å². The van der Waals surface area contributed by atoms with Crippen molar-refractivity contribution in [2.75, 3.05) is 4.72 Å². The normalized spacial score (nSPS) is 11.7. The highest BCUT2D eigenvalue weighted by molar-refractivity contribution is 9.11. The van der Waals surface area contributed by atoms with Gasteiger partial charge in [0.15, 0.2) is 0 Å². The molecule has 3 aromatic rings. The van der Waals surface area contributed by atoms with Crippen LogP contribution in [0.3, 0.4) is 0 Å². The number of rotatable bonds is 3. The van der Waals surface area contributed by atoms with Crippen molar-refractivity contribution in [2.45, 2.75) is 11.1 Å². The van der Waals surface area contributed by atoms with Gasteiger partial charge in [-0.2, -0.15) is 0 Å². The Morgan fingerprint density at radius 1 is 1.29 bits per heavy atom. The lowest BCUT2D eigenvalue weighted by atomic mass is 10.1. The van der Waals surface area contributed by atoms with Crippen molar-refractivity contribution in [1.82, 2.24) is 4.98 Å². The molecule has 0 unspecified atom stereocenters. The summed E-state index contributed by atoms with van der Waals surface area (Å²) in [5.74, 6) is 0. The first-order valence-corrected chi connectivity index (χ1v) is 9.18. The van der Waals surface area contributed by atoms with Gasteiger partial charge in [-0.05, 0) is 52.0 Å². The molecular weight excluding hydrogens is 372 g/mol. The van der Waals surface area contributed by atoms with Gasteiger partial charge in [-0.15, -0.1) is 11.3 Å². The zero-order chi connectivity index (χ0) is 15.0. The average molecular weight is 383 g/mol. The van der Waals surface area contributed by atoms with Gasteiger partial charge in [-0.3, -0.25) is 9.71 Å². The smallest absolute Gasteiger partial charge is 0.271 e. The van der Waals surface area contributed by atoms with Crippen molar-refractivity contribution in [3.63, 3.8) is 0 Å². The third-order valence-electron chi connectivity index (χ3n) is 3.03. The third kappa shape index (κ3) is 2.81. The molecule has 0 atom stereocenters. The van der Waals surface area contributed by atoms with Gasteiger partial charge in [-0.1, -0.05) is 12.1 Å². The van der Waals surface area contributed by atoms with Gasteiger partial charge >= 0.3 is 0 Å². The number of thiophene rings is 1. The number of pyridine rings is 1. The Bertz CT molecular complexity index is 895. The van der Waals surface area contributed by atoms with Crippen molar-refractivity contribution >= 4 is 53.7 Å². The van der Waals surface area contributed by atoms with Gasteiger partial charge in [0.25, 0.3) is 10.0 Å². The second-order valence-corrected chi connectivity index (χ2v) is 8.81. The third-order valence-corrected chi connectivity index (χ3v) is 7.00. The van der Waals surface area contributed by atoms with Crippen molar-refractivity contribution in [3.05, 3.63) is 52.1 Å². The minimum atomic E-state index is -3.60. The van der Waals surface area contributed by atoms with E-state index in [1.807, 2.05) is 25.1 Å². The van der Waals surface area contributed by atoms with Gasteiger partial charge in [0, 0.05) is 17.8 Å². The van der Waals surface area contributed by atoms with Gasteiger partial charge in [-0.25, -0.2) is 8.42 Å². The van der Waals surface area contributed by atoms with E-state index in [4.69, 9.17) is 0 Å². The quantitative estimate of drug-likeness (QED) is 0.739. The topological polar surface area (TPSA) is 59.1 Å². The highest BCUT2D eigenvalue weighted by Gasteiger charge is 2.19. The summed E-state index contributed by atoms with van der Waals surface area (Å²) in [6.45, 7) is 1.86. The first kappa shape index (κ1) is 14.5. The molecule has 0 aliphatic rings. The fraction of sp³-hybridized carbons (Fsp3) is 0.0714. The van der Waals surface area contributed by atoms with Gasteiger partial charge in [0.05, 0.1) is 9.47 Å². The average Bonchev–Trinajstić information content (AvgIpc) is 2.80. The molecule has 0 saturated carbocycles. The summed E-state index contributed by atoms with van der Waals surface area (Å²) in [6, 6.07) is 8.97. The van der Waals surface area contributed by atoms with E-state index in [1.54, 1.807) is 24.5 Å². The molecule has 2 aromatic heterocycles. The summed E-state index contributed by atoms with van der Waals surface area (Å²) in [5.41, 5.74) is 1.43. The number of nitrogens with one attached hydrogen (secondary N) is 1. The van der Waals surface area contributed by atoms with Crippen molar-refractivity contribution in [1.29, 1.82) is 0 Å². The van der Waals surface area contributed by atoms with Crippen molar-refractivity contribution in [2.24, 2.45) is 0 Å². The molecule has 4 nitrogen and oxygen atoms in total. The Morgan fingerprint density at radius 3 is 2.81 bits per heavy atom. The molecule has 0 fully saturated rings. The lowest BCUT2D eigenvalue weighted by Crippen LogP contribution is -2.11. The fourth-order valence-corrected chi connectivity index (χ4v) is 5.27. The van der Waals surface area contributed by atoms with Crippen LogP contribution in [0.4, 0.5) is 5.69 Å². The SMILES string of the molecule is Cc1cc(S(=O)(=O)Nc2cccc3ccncc23)sc1Br. The Morgan fingerprint density at radius 2 is 2.10 bits per heavy atom. The van der Waals surface area contributed by atoms with E-state index >= 15 is 0 Å². The Hall–Kier alpha value is -1.44. The van der Waals surface area contributed by atoms with Crippen LogP contribution < -0.4 is 4.72 Å². The minimum Gasteiger partial charge on any atom is -0.278 e. The summed E-state index contributed by atoms with van der Waals surface area (Å²) >= 11 is 4.55. The molecule has 0 aliphatic heterocycles. The number of aryl methyl sites for hydroxylation is 1. The molecule has 0 spiro atoms. The fourth-order valence-electron chi connectivity index (χ4n) is 1.96. The maximum atomic E-state index is 12.5. The van der Waals surface area contributed by atoms with E-state index < -0.39 is 10.0 Å². The summed E-state index contributed by atoms with van der Waals surface area (Å²) in [7, 11) is -3.60. The summed E-state index contributed by atoms with van der Waals surface area (Å²) in [5, 5.41) is 1.71. The monoisotopic (exact) mass is 382 g/mol. The predicted molar refractivity (Wildman–Crippen MR) is 89.3 cm³/mol. The summed E-state index contributed by atoms with van der Waals surface area (Å²) in [4.78, 5) is 4.05. The number of anilines is 1. The lowest BCUT2D eigenvalue weighted by molar-refractivity contribution is 0.603. The molecule has 7 heteroatoms.